The lowest BCUT2D eigenvalue weighted by molar-refractivity contribution is -0.256. The van der Waals surface area contributed by atoms with Crippen molar-refractivity contribution >= 4 is 22.6 Å². The van der Waals surface area contributed by atoms with E-state index in [2.05, 4.69) is 30.9 Å². The highest BCUT2D eigenvalue weighted by Gasteiger charge is 2.65. The van der Waals surface area contributed by atoms with E-state index >= 15 is 0 Å². The number of aromatic hydroxyl groups is 1. The normalized spacial score (nSPS) is 24.2. The lowest BCUT2D eigenvalue weighted by Crippen LogP contribution is -2.70. The van der Waals surface area contributed by atoms with Crippen molar-refractivity contribution in [3.63, 3.8) is 0 Å². The number of phenols is 1. The van der Waals surface area contributed by atoms with Crippen LogP contribution in [-0.4, -0.2) is 70.8 Å². The molecule has 0 saturated heterocycles. The number of benzene rings is 4. The Morgan fingerprint density at radius 3 is 2.49 bits per heavy atom. The van der Waals surface area contributed by atoms with Gasteiger partial charge in [0, 0.05) is 31.1 Å². The third kappa shape index (κ3) is 8.30. The molecule has 0 aromatic heterocycles. The summed E-state index contributed by atoms with van der Waals surface area (Å²) in [5.41, 5.74) is 4.36. The second-order valence-electron chi connectivity index (χ2n) is 15.3. The molecule has 1 heterocycles. The Kier molecular flexibility index (Phi) is 12.9. The smallest absolute Gasteiger partial charge is 0.410 e. The van der Waals surface area contributed by atoms with Gasteiger partial charge in [0.2, 0.25) is 5.79 Å². The Labute approximate surface area is 335 Å². The molecule has 10 nitrogen and oxygen atoms in total. The number of carbonyl (C=O) groups is 1. The molecule has 57 heavy (non-hydrogen) atoms. The van der Waals surface area contributed by atoms with Crippen molar-refractivity contribution in [2.24, 2.45) is 22.9 Å². The van der Waals surface area contributed by atoms with Crippen LogP contribution in [-0.2, 0) is 27.5 Å². The third-order valence-corrected chi connectivity index (χ3v) is 11.9. The van der Waals surface area contributed by atoms with Gasteiger partial charge in [0.05, 0.1) is 31.9 Å². The number of hydrogen-bond acceptors (Lipinski definition) is 9. The number of nitrogens with zero attached hydrogens (tertiary/aromatic N) is 2. The zero-order chi connectivity index (χ0) is 39.8. The summed E-state index contributed by atoms with van der Waals surface area (Å²) in [6.45, 7) is 4.79. The van der Waals surface area contributed by atoms with Crippen LogP contribution in [0.1, 0.15) is 67.6 Å². The summed E-state index contributed by atoms with van der Waals surface area (Å²) >= 11 is 0. The fraction of sp³-hybridized carbons (Fsp3) is 0.404. The Morgan fingerprint density at radius 2 is 1.72 bits per heavy atom. The maximum Gasteiger partial charge on any atom is 0.410 e. The van der Waals surface area contributed by atoms with Gasteiger partial charge < -0.3 is 34.4 Å². The van der Waals surface area contributed by atoms with Gasteiger partial charge in [0.1, 0.15) is 24.1 Å². The van der Waals surface area contributed by atoms with E-state index in [1.165, 1.54) is 7.11 Å². The van der Waals surface area contributed by atoms with Gasteiger partial charge >= 0.3 is 6.09 Å². The standard InChI is InChI=1S/C47H54N2O8/c1-3-26-55-47-43(49(46(53)54-2)30-35-19-13-18-33-16-7-8-20-37(33)35)29-41(48-56-31-32-14-5-4-6-15-32)39-27-34(17-9-11-24-50)38(21-10-12-25-51)44(45(39)47)40-28-36(52)22-23-42(40)57-47/h3-8,13-16,18-20,22-23,27-28,34,38,43-45,50-52H,1,9-12,17,21,24-26,29-31H2,2H3. The molecule has 3 N–H and O–H groups in total. The molecule has 2 aliphatic carbocycles. The predicted octanol–water partition coefficient (Wildman–Crippen LogP) is 8.65. The van der Waals surface area contributed by atoms with Crippen LogP contribution in [0.15, 0.2) is 120 Å². The molecule has 10 heteroatoms. The minimum atomic E-state index is -1.45. The van der Waals surface area contributed by atoms with E-state index < -0.39 is 23.8 Å². The molecule has 6 atom stereocenters. The summed E-state index contributed by atoms with van der Waals surface area (Å²) in [7, 11) is 1.39. The van der Waals surface area contributed by atoms with Gasteiger partial charge in [0.25, 0.3) is 0 Å². The highest BCUT2D eigenvalue weighted by atomic mass is 16.7. The molecule has 3 aliphatic rings. The SMILES string of the molecule is C=CCOC12Oc3ccc(O)cc3C3C(CCCCO)C(CCCCO)C=C(C(=NOCc4ccccc4)CC1N(Cc1cccc4ccccc14)C(=O)OC)C32. The summed E-state index contributed by atoms with van der Waals surface area (Å²) in [5, 5.41) is 37.7. The number of rotatable bonds is 17. The minimum Gasteiger partial charge on any atom is -0.508 e. The van der Waals surface area contributed by atoms with E-state index in [1.54, 1.807) is 29.2 Å². The van der Waals surface area contributed by atoms with Crippen LogP contribution >= 0.6 is 0 Å². The predicted molar refractivity (Wildman–Crippen MR) is 220 cm³/mol. The summed E-state index contributed by atoms with van der Waals surface area (Å²) in [4.78, 5) is 22.2. The number of amides is 1. The number of ether oxygens (including phenoxy) is 3. The number of aliphatic hydroxyl groups is 2. The monoisotopic (exact) mass is 774 g/mol. The summed E-state index contributed by atoms with van der Waals surface area (Å²) < 4.78 is 19.8. The highest BCUT2D eigenvalue weighted by Crippen LogP contribution is 2.62. The quantitative estimate of drug-likeness (QED) is 0.0553. The van der Waals surface area contributed by atoms with Crippen LogP contribution in [0.25, 0.3) is 10.8 Å². The average Bonchev–Trinajstić information content (AvgIpc) is 3.24. The first-order valence-corrected chi connectivity index (χ1v) is 20.2. The van der Waals surface area contributed by atoms with Crippen LogP contribution in [0.5, 0.6) is 11.5 Å². The van der Waals surface area contributed by atoms with Crippen LogP contribution < -0.4 is 4.74 Å². The fourth-order valence-electron chi connectivity index (χ4n) is 9.45. The first kappa shape index (κ1) is 40.1. The van der Waals surface area contributed by atoms with Gasteiger partial charge in [0.15, 0.2) is 0 Å². The van der Waals surface area contributed by atoms with Crippen molar-refractivity contribution in [1.29, 1.82) is 0 Å². The summed E-state index contributed by atoms with van der Waals surface area (Å²) in [6.07, 6.45) is 8.24. The van der Waals surface area contributed by atoms with E-state index in [0.717, 1.165) is 58.7 Å². The van der Waals surface area contributed by atoms with Crippen LogP contribution in [0.3, 0.4) is 0 Å². The van der Waals surface area contributed by atoms with E-state index in [9.17, 15) is 20.1 Å². The number of allylic oxidation sites excluding steroid dienone is 1. The van der Waals surface area contributed by atoms with E-state index in [4.69, 9.17) is 24.2 Å². The molecule has 300 valence electrons. The maximum absolute atomic E-state index is 14.3. The van der Waals surface area contributed by atoms with Gasteiger partial charge in [-0.15, -0.1) is 6.58 Å². The van der Waals surface area contributed by atoms with Crippen LogP contribution in [0.2, 0.25) is 0 Å². The second kappa shape index (κ2) is 18.4. The average molecular weight is 775 g/mol. The number of fused-ring (bicyclic) bond motifs is 3. The molecule has 1 fully saturated rings. The fourth-order valence-corrected chi connectivity index (χ4v) is 9.45. The van der Waals surface area contributed by atoms with Crippen molar-refractivity contribution in [1.82, 2.24) is 4.90 Å². The number of oxime groups is 1. The second-order valence-corrected chi connectivity index (χ2v) is 15.3. The molecular weight excluding hydrogens is 721 g/mol. The van der Waals surface area contributed by atoms with E-state index in [1.807, 2.05) is 54.6 Å². The molecule has 7 rings (SSSR count). The third-order valence-electron chi connectivity index (χ3n) is 11.9. The molecule has 4 aromatic rings. The van der Waals surface area contributed by atoms with Gasteiger partial charge in [-0.3, -0.25) is 4.90 Å². The molecule has 1 amide bonds. The van der Waals surface area contributed by atoms with Crippen molar-refractivity contribution in [2.75, 3.05) is 26.9 Å². The van der Waals surface area contributed by atoms with Crippen molar-refractivity contribution < 1.29 is 39.2 Å². The highest BCUT2D eigenvalue weighted by molar-refractivity contribution is 6.03. The summed E-state index contributed by atoms with van der Waals surface area (Å²) in [6, 6.07) is 28.5. The zero-order valence-corrected chi connectivity index (χ0v) is 32.7. The van der Waals surface area contributed by atoms with Gasteiger partial charge in [-0.2, -0.15) is 0 Å². The lowest BCUT2D eigenvalue weighted by atomic mass is 9.55. The Hall–Kier alpha value is -5.16. The molecule has 1 saturated carbocycles. The molecule has 0 radical (unpaired) electrons. The van der Waals surface area contributed by atoms with Crippen molar-refractivity contribution in [2.45, 2.75) is 75.8 Å². The van der Waals surface area contributed by atoms with E-state index in [-0.39, 0.29) is 62.9 Å². The number of carbonyl (C=O) groups excluding carboxylic acids is 1. The topological polar surface area (TPSA) is 130 Å². The molecular formula is C47H54N2O8. The molecule has 1 aliphatic heterocycles. The lowest BCUT2D eigenvalue weighted by Gasteiger charge is -2.59. The molecule has 0 spiro atoms. The number of unbranched alkanes of at least 4 members (excludes halogenated alkanes) is 2. The first-order valence-electron chi connectivity index (χ1n) is 20.2. The Morgan fingerprint density at radius 1 is 0.965 bits per heavy atom. The number of aliphatic hydroxyl groups excluding tert-OH is 2. The molecule has 0 bridgehead atoms. The minimum absolute atomic E-state index is 0.0371. The Balaban J connectivity index is 1.45. The number of hydrogen-bond donors (Lipinski definition) is 3. The van der Waals surface area contributed by atoms with Gasteiger partial charge in [-0.05, 0) is 83.2 Å². The number of phenolic OH excluding ortho intramolecular Hbond substituents is 1. The van der Waals surface area contributed by atoms with Crippen molar-refractivity contribution in [3.8, 4) is 11.5 Å². The van der Waals surface area contributed by atoms with Crippen LogP contribution in [0, 0.1) is 17.8 Å². The Bertz CT molecular complexity index is 2060. The van der Waals surface area contributed by atoms with E-state index in [0.29, 0.717) is 24.3 Å². The molecule has 4 aromatic carbocycles. The summed E-state index contributed by atoms with van der Waals surface area (Å²) in [5.74, 6) is -1.40. The zero-order valence-electron chi connectivity index (χ0n) is 32.7. The van der Waals surface area contributed by atoms with Gasteiger partial charge in [-0.25, -0.2) is 4.79 Å². The van der Waals surface area contributed by atoms with Crippen molar-refractivity contribution in [3.05, 3.63) is 132 Å². The largest absolute Gasteiger partial charge is 0.508 e. The maximum atomic E-state index is 14.3. The van der Waals surface area contributed by atoms with Crippen LogP contribution in [0.4, 0.5) is 4.79 Å². The number of methoxy groups -OCH3 is 1. The first-order chi connectivity index (χ1) is 27.9. The van der Waals surface area contributed by atoms with Gasteiger partial charge in [-0.1, -0.05) is 103 Å². The molecule has 6 unspecified atom stereocenters.